The van der Waals surface area contributed by atoms with Crippen molar-refractivity contribution in [3.8, 4) is 11.5 Å². The number of nitrogens with zero attached hydrogens (tertiary/aromatic N) is 2. The largest absolute Gasteiger partial charge is 0.493 e. The van der Waals surface area contributed by atoms with Crippen molar-refractivity contribution in [1.82, 2.24) is 15.5 Å². The number of ether oxygens (including phenoxy) is 3. The number of methoxy groups -OCH3 is 2. The predicted molar refractivity (Wildman–Crippen MR) is 78.2 cm³/mol. The lowest BCUT2D eigenvalue weighted by molar-refractivity contribution is 0.00755. The Labute approximate surface area is 128 Å². The van der Waals surface area contributed by atoms with Gasteiger partial charge < -0.3 is 24.1 Å². The van der Waals surface area contributed by atoms with E-state index in [0.717, 1.165) is 12.1 Å². The number of nitrogens with one attached hydrogen (secondary N) is 1. The lowest BCUT2D eigenvalue weighted by atomic mass is 10.1. The maximum Gasteiger partial charge on any atom is 0.257 e. The van der Waals surface area contributed by atoms with E-state index in [-0.39, 0.29) is 6.10 Å². The zero-order chi connectivity index (χ0) is 15.4. The Hall–Kier alpha value is -2.12. The van der Waals surface area contributed by atoms with Gasteiger partial charge in [0.1, 0.15) is 6.10 Å². The van der Waals surface area contributed by atoms with Crippen LogP contribution in [0.25, 0.3) is 0 Å². The van der Waals surface area contributed by atoms with Crippen LogP contribution in [-0.2, 0) is 11.2 Å². The van der Waals surface area contributed by atoms with E-state index in [1.165, 1.54) is 0 Å². The number of morpholine rings is 1. The van der Waals surface area contributed by atoms with E-state index in [4.69, 9.17) is 18.7 Å². The van der Waals surface area contributed by atoms with Gasteiger partial charge in [0.05, 0.1) is 20.8 Å². The van der Waals surface area contributed by atoms with Crippen LogP contribution in [0, 0.1) is 0 Å². The van der Waals surface area contributed by atoms with Gasteiger partial charge in [-0.2, -0.15) is 4.98 Å². The molecule has 1 aliphatic rings. The van der Waals surface area contributed by atoms with Crippen molar-refractivity contribution < 1.29 is 18.7 Å². The van der Waals surface area contributed by atoms with Gasteiger partial charge in [0.2, 0.25) is 0 Å². The fourth-order valence-electron chi connectivity index (χ4n) is 2.37. The van der Waals surface area contributed by atoms with Gasteiger partial charge in [-0.1, -0.05) is 11.2 Å². The summed E-state index contributed by atoms with van der Waals surface area (Å²) in [5, 5.41) is 7.26. The highest BCUT2D eigenvalue weighted by molar-refractivity contribution is 5.43. The van der Waals surface area contributed by atoms with Gasteiger partial charge in [-0.05, 0) is 17.7 Å². The minimum atomic E-state index is -0.166. The fourth-order valence-corrected chi connectivity index (χ4v) is 2.37. The monoisotopic (exact) mass is 305 g/mol. The molecule has 1 saturated heterocycles. The molecule has 0 spiro atoms. The lowest BCUT2D eigenvalue weighted by Crippen LogP contribution is -2.33. The second-order valence-corrected chi connectivity index (χ2v) is 4.98. The van der Waals surface area contributed by atoms with Crippen molar-refractivity contribution in [2.75, 3.05) is 33.9 Å². The van der Waals surface area contributed by atoms with Gasteiger partial charge in [0, 0.05) is 19.5 Å². The Morgan fingerprint density at radius 2 is 2.14 bits per heavy atom. The highest BCUT2D eigenvalue weighted by atomic mass is 16.5. The molecular weight excluding hydrogens is 286 g/mol. The first-order chi connectivity index (χ1) is 10.8. The number of hydrogen-bond acceptors (Lipinski definition) is 7. The molecule has 7 heteroatoms. The highest BCUT2D eigenvalue weighted by Crippen LogP contribution is 2.28. The third-order valence-corrected chi connectivity index (χ3v) is 3.50. The molecule has 1 atom stereocenters. The minimum Gasteiger partial charge on any atom is -0.493 e. The zero-order valence-electron chi connectivity index (χ0n) is 12.7. The average molecular weight is 305 g/mol. The first-order valence-corrected chi connectivity index (χ1v) is 7.16. The molecule has 118 valence electrons. The fraction of sp³-hybridized carbons (Fsp3) is 0.467. The zero-order valence-corrected chi connectivity index (χ0v) is 12.7. The number of hydrogen-bond donors (Lipinski definition) is 1. The molecule has 1 fully saturated rings. The third-order valence-electron chi connectivity index (χ3n) is 3.50. The Morgan fingerprint density at radius 3 is 2.86 bits per heavy atom. The molecule has 0 radical (unpaired) electrons. The van der Waals surface area contributed by atoms with E-state index in [0.29, 0.717) is 42.8 Å². The summed E-state index contributed by atoms with van der Waals surface area (Å²) in [6.45, 7) is 2.19. The van der Waals surface area contributed by atoms with Gasteiger partial charge in [-0.15, -0.1) is 0 Å². The number of aromatic nitrogens is 2. The summed E-state index contributed by atoms with van der Waals surface area (Å²) < 4.78 is 21.4. The van der Waals surface area contributed by atoms with E-state index in [1.54, 1.807) is 14.2 Å². The molecule has 0 saturated carbocycles. The summed E-state index contributed by atoms with van der Waals surface area (Å²) >= 11 is 0. The predicted octanol–water partition coefficient (Wildman–Crippen LogP) is 1.34. The molecule has 2 heterocycles. The van der Waals surface area contributed by atoms with E-state index in [1.807, 2.05) is 18.2 Å². The maximum absolute atomic E-state index is 5.60. The van der Waals surface area contributed by atoms with Crippen molar-refractivity contribution in [1.29, 1.82) is 0 Å². The van der Waals surface area contributed by atoms with Crippen LogP contribution in [-0.4, -0.2) is 44.1 Å². The Kier molecular flexibility index (Phi) is 4.55. The van der Waals surface area contributed by atoms with E-state index < -0.39 is 0 Å². The summed E-state index contributed by atoms with van der Waals surface area (Å²) in [6, 6.07) is 5.73. The minimum absolute atomic E-state index is 0.166. The molecule has 1 N–H and O–H groups in total. The smallest absolute Gasteiger partial charge is 0.257 e. The normalized spacial score (nSPS) is 18.2. The molecule has 0 unspecified atom stereocenters. The summed E-state index contributed by atoms with van der Waals surface area (Å²) in [5.41, 5.74) is 1.02. The van der Waals surface area contributed by atoms with E-state index in [2.05, 4.69) is 15.5 Å². The Morgan fingerprint density at radius 1 is 1.27 bits per heavy atom. The number of benzene rings is 1. The third kappa shape index (κ3) is 3.20. The van der Waals surface area contributed by atoms with Crippen LogP contribution in [0.1, 0.15) is 23.4 Å². The van der Waals surface area contributed by atoms with Crippen molar-refractivity contribution in [3.05, 3.63) is 35.5 Å². The van der Waals surface area contributed by atoms with Crippen LogP contribution < -0.4 is 14.8 Å². The molecule has 0 aliphatic carbocycles. The van der Waals surface area contributed by atoms with Crippen LogP contribution in [0.5, 0.6) is 11.5 Å². The molecular formula is C15H19N3O4. The van der Waals surface area contributed by atoms with Crippen LogP contribution in [0.15, 0.2) is 22.7 Å². The van der Waals surface area contributed by atoms with E-state index >= 15 is 0 Å². The van der Waals surface area contributed by atoms with Gasteiger partial charge in [-0.3, -0.25) is 0 Å². The standard InChI is InChI=1S/C15H19N3O4/c1-19-11-4-3-10(7-12(11)20-2)8-14-17-15(22-18-14)13-9-16-5-6-21-13/h3-4,7,13,16H,5-6,8-9H2,1-2H3/t13-/m1/s1. The van der Waals surface area contributed by atoms with Crippen molar-refractivity contribution in [3.63, 3.8) is 0 Å². The quantitative estimate of drug-likeness (QED) is 0.893. The molecule has 3 rings (SSSR count). The summed E-state index contributed by atoms with van der Waals surface area (Å²) in [4.78, 5) is 4.41. The Balaban J connectivity index is 1.72. The Bertz CT molecular complexity index is 623. The molecule has 0 amide bonds. The van der Waals surface area contributed by atoms with Crippen molar-refractivity contribution >= 4 is 0 Å². The van der Waals surface area contributed by atoms with Crippen molar-refractivity contribution in [2.24, 2.45) is 0 Å². The molecule has 0 bridgehead atoms. The van der Waals surface area contributed by atoms with E-state index in [9.17, 15) is 0 Å². The molecule has 1 aromatic carbocycles. The topological polar surface area (TPSA) is 78.6 Å². The summed E-state index contributed by atoms with van der Waals surface area (Å²) in [6.07, 6.45) is 0.393. The highest BCUT2D eigenvalue weighted by Gasteiger charge is 2.22. The van der Waals surface area contributed by atoms with Gasteiger partial charge in [0.25, 0.3) is 5.89 Å². The summed E-state index contributed by atoms with van der Waals surface area (Å²) in [7, 11) is 3.22. The second kappa shape index (κ2) is 6.76. The summed E-state index contributed by atoms with van der Waals surface area (Å²) in [5.74, 6) is 2.52. The van der Waals surface area contributed by atoms with Crippen LogP contribution in [0.2, 0.25) is 0 Å². The van der Waals surface area contributed by atoms with Crippen molar-refractivity contribution in [2.45, 2.75) is 12.5 Å². The average Bonchev–Trinajstić information content (AvgIpc) is 3.04. The van der Waals surface area contributed by atoms with Gasteiger partial charge in [0.15, 0.2) is 17.3 Å². The molecule has 1 aliphatic heterocycles. The lowest BCUT2D eigenvalue weighted by Gasteiger charge is -2.19. The first-order valence-electron chi connectivity index (χ1n) is 7.16. The second-order valence-electron chi connectivity index (χ2n) is 4.98. The SMILES string of the molecule is COc1ccc(Cc2noc([C@H]3CNCCO3)n2)cc1OC. The first kappa shape index (κ1) is 14.8. The molecule has 2 aromatic rings. The maximum atomic E-state index is 5.60. The number of rotatable bonds is 5. The van der Waals surface area contributed by atoms with Crippen LogP contribution in [0.3, 0.4) is 0 Å². The molecule has 7 nitrogen and oxygen atoms in total. The van der Waals surface area contributed by atoms with Gasteiger partial charge >= 0.3 is 0 Å². The molecule has 1 aromatic heterocycles. The van der Waals surface area contributed by atoms with Crippen LogP contribution in [0.4, 0.5) is 0 Å². The van der Waals surface area contributed by atoms with Gasteiger partial charge in [-0.25, -0.2) is 0 Å². The van der Waals surface area contributed by atoms with Crippen LogP contribution >= 0.6 is 0 Å². The molecule has 22 heavy (non-hydrogen) atoms.